The van der Waals surface area contributed by atoms with E-state index in [-0.39, 0.29) is 5.91 Å². The molecule has 0 aliphatic rings. The number of aromatic nitrogens is 2. The summed E-state index contributed by atoms with van der Waals surface area (Å²) in [5.74, 6) is 1.37. The van der Waals surface area contributed by atoms with Crippen LogP contribution >= 0.6 is 0 Å². The maximum atomic E-state index is 12.0. The normalized spacial score (nSPS) is 10.4. The average molecular weight is 361 g/mol. The Morgan fingerprint density at radius 3 is 2.04 bits per heavy atom. The van der Waals surface area contributed by atoms with Gasteiger partial charge in [0.2, 0.25) is 5.95 Å². The third-order valence-corrected chi connectivity index (χ3v) is 4.32. The van der Waals surface area contributed by atoms with Gasteiger partial charge in [0.05, 0.1) is 0 Å². The Balaban J connectivity index is 1.83. The van der Waals surface area contributed by atoms with Crippen LogP contribution in [-0.4, -0.2) is 49.0 Å². The number of rotatable bonds is 5. The zero-order chi connectivity index (χ0) is 19.4. The SMILES string of the molecule is CN(C)C(=O)c1ccc(N(C)c2ccnc(N(C)c3ccccc3)n2)cc1. The van der Waals surface area contributed by atoms with E-state index in [1.54, 1.807) is 25.2 Å². The van der Waals surface area contributed by atoms with Gasteiger partial charge in [0, 0.05) is 51.3 Å². The van der Waals surface area contributed by atoms with Gasteiger partial charge in [-0.3, -0.25) is 4.79 Å². The molecule has 0 spiro atoms. The molecule has 0 atom stereocenters. The first-order valence-corrected chi connectivity index (χ1v) is 8.64. The number of amides is 1. The van der Waals surface area contributed by atoms with Gasteiger partial charge < -0.3 is 14.7 Å². The highest BCUT2D eigenvalue weighted by Crippen LogP contribution is 2.25. The van der Waals surface area contributed by atoms with Crippen LogP contribution in [0.5, 0.6) is 0 Å². The molecular weight excluding hydrogens is 338 g/mol. The minimum Gasteiger partial charge on any atom is -0.345 e. The zero-order valence-electron chi connectivity index (χ0n) is 16.0. The fourth-order valence-electron chi connectivity index (χ4n) is 2.67. The molecule has 0 saturated carbocycles. The van der Waals surface area contributed by atoms with Gasteiger partial charge in [-0.25, -0.2) is 4.98 Å². The monoisotopic (exact) mass is 361 g/mol. The van der Waals surface area contributed by atoms with Gasteiger partial charge in [-0.1, -0.05) is 18.2 Å². The molecule has 0 N–H and O–H groups in total. The van der Waals surface area contributed by atoms with Crippen molar-refractivity contribution in [2.24, 2.45) is 0 Å². The van der Waals surface area contributed by atoms with Crippen LogP contribution in [0.15, 0.2) is 66.9 Å². The summed E-state index contributed by atoms with van der Waals surface area (Å²) < 4.78 is 0. The van der Waals surface area contributed by atoms with Crippen molar-refractivity contribution in [1.82, 2.24) is 14.9 Å². The lowest BCUT2D eigenvalue weighted by atomic mass is 10.2. The summed E-state index contributed by atoms with van der Waals surface area (Å²) in [4.78, 5) is 26.6. The Kier molecular flexibility index (Phi) is 5.35. The lowest BCUT2D eigenvalue weighted by molar-refractivity contribution is 0.0827. The lowest BCUT2D eigenvalue weighted by Gasteiger charge is -2.22. The van der Waals surface area contributed by atoms with Crippen molar-refractivity contribution in [2.75, 3.05) is 38.0 Å². The number of hydrogen-bond donors (Lipinski definition) is 0. The predicted molar refractivity (Wildman–Crippen MR) is 109 cm³/mol. The van der Waals surface area contributed by atoms with Crippen LogP contribution < -0.4 is 9.80 Å². The summed E-state index contributed by atoms with van der Waals surface area (Å²) in [6, 6.07) is 19.3. The molecule has 3 rings (SSSR count). The Bertz CT molecular complexity index is 909. The summed E-state index contributed by atoms with van der Waals surface area (Å²) in [6.07, 6.45) is 1.75. The highest BCUT2D eigenvalue weighted by Gasteiger charge is 2.12. The van der Waals surface area contributed by atoms with Crippen molar-refractivity contribution in [2.45, 2.75) is 0 Å². The van der Waals surface area contributed by atoms with Gasteiger partial charge in [0.25, 0.3) is 5.91 Å². The number of carbonyl (C=O) groups excluding carboxylic acids is 1. The third kappa shape index (κ3) is 4.06. The van der Waals surface area contributed by atoms with Crippen molar-refractivity contribution in [3.8, 4) is 0 Å². The van der Waals surface area contributed by atoms with Crippen LogP contribution in [0.2, 0.25) is 0 Å². The average Bonchev–Trinajstić information content (AvgIpc) is 2.73. The van der Waals surface area contributed by atoms with E-state index < -0.39 is 0 Å². The maximum Gasteiger partial charge on any atom is 0.253 e. The third-order valence-electron chi connectivity index (χ3n) is 4.32. The molecule has 1 amide bonds. The lowest BCUT2D eigenvalue weighted by Crippen LogP contribution is -2.21. The van der Waals surface area contributed by atoms with E-state index in [0.29, 0.717) is 11.5 Å². The van der Waals surface area contributed by atoms with E-state index in [4.69, 9.17) is 0 Å². The molecule has 3 aromatic rings. The molecule has 1 aromatic heterocycles. The second kappa shape index (κ2) is 7.86. The summed E-state index contributed by atoms with van der Waals surface area (Å²) in [6.45, 7) is 0. The molecule has 2 aromatic carbocycles. The highest BCUT2D eigenvalue weighted by atomic mass is 16.2. The van der Waals surface area contributed by atoms with Gasteiger partial charge in [-0.2, -0.15) is 4.98 Å². The van der Waals surface area contributed by atoms with Crippen molar-refractivity contribution in [3.05, 3.63) is 72.4 Å². The molecule has 0 aliphatic carbocycles. The number of benzene rings is 2. The van der Waals surface area contributed by atoms with Crippen molar-refractivity contribution < 1.29 is 4.79 Å². The molecule has 0 bridgehead atoms. The van der Waals surface area contributed by atoms with E-state index >= 15 is 0 Å². The second-order valence-corrected chi connectivity index (χ2v) is 6.41. The summed E-state index contributed by atoms with van der Waals surface area (Å²) in [7, 11) is 7.37. The van der Waals surface area contributed by atoms with Crippen LogP contribution in [0.3, 0.4) is 0 Å². The van der Waals surface area contributed by atoms with Gasteiger partial charge in [0.15, 0.2) is 0 Å². The molecule has 0 saturated heterocycles. The second-order valence-electron chi connectivity index (χ2n) is 6.41. The number of nitrogens with zero attached hydrogens (tertiary/aromatic N) is 5. The summed E-state index contributed by atoms with van der Waals surface area (Å²) in [5.41, 5.74) is 2.62. The van der Waals surface area contributed by atoms with Crippen LogP contribution in [0.1, 0.15) is 10.4 Å². The van der Waals surface area contributed by atoms with Gasteiger partial charge in [0.1, 0.15) is 5.82 Å². The molecular formula is C21H23N5O. The van der Waals surface area contributed by atoms with Crippen LogP contribution in [-0.2, 0) is 0 Å². The number of para-hydroxylation sites is 1. The largest absolute Gasteiger partial charge is 0.345 e. The minimum atomic E-state index is -0.0157. The van der Waals surface area contributed by atoms with Crippen LogP contribution in [0.25, 0.3) is 0 Å². The van der Waals surface area contributed by atoms with E-state index in [1.807, 2.05) is 84.6 Å². The van der Waals surface area contributed by atoms with Gasteiger partial charge in [-0.05, 0) is 42.5 Å². The Morgan fingerprint density at radius 1 is 0.778 bits per heavy atom. The minimum absolute atomic E-state index is 0.0157. The molecule has 6 heteroatoms. The molecule has 1 heterocycles. The molecule has 138 valence electrons. The molecule has 27 heavy (non-hydrogen) atoms. The topological polar surface area (TPSA) is 52.6 Å². The van der Waals surface area contributed by atoms with Crippen molar-refractivity contribution in [1.29, 1.82) is 0 Å². The predicted octanol–water partition coefficient (Wildman–Crippen LogP) is 3.71. The van der Waals surface area contributed by atoms with Crippen molar-refractivity contribution >= 4 is 29.0 Å². The fraction of sp³-hybridized carbons (Fsp3) is 0.190. The van der Waals surface area contributed by atoms with Crippen LogP contribution in [0.4, 0.5) is 23.1 Å². The van der Waals surface area contributed by atoms with E-state index in [9.17, 15) is 4.79 Å². The first kappa shape index (κ1) is 18.4. The standard InChI is InChI=1S/C21H23N5O/c1-24(2)20(27)16-10-12-18(13-11-16)25(3)19-14-15-22-21(23-19)26(4)17-8-6-5-7-9-17/h5-15H,1-4H3. The van der Waals surface area contributed by atoms with E-state index in [0.717, 1.165) is 17.2 Å². The van der Waals surface area contributed by atoms with E-state index in [1.165, 1.54) is 0 Å². The molecule has 0 fully saturated rings. The zero-order valence-corrected chi connectivity index (χ0v) is 16.0. The number of anilines is 4. The fourth-order valence-corrected chi connectivity index (χ4v) is 2.67. The summed E-state index contributed by atoms with van der Waals surface area (Å²) >= 11 is 0. The quantitative estimate of drug-likeness (QED) is 0.693. The molecule has 0 radical (unpaired) electrons. The van der Waals surface area contributed by atoms with E-state index in [2.05, 4.69) is 9.97 Å². The number of carbonyl (C=O) groups is 1. The highest BCUT2D eigenvalue weighted by molar-refractivity contribution is 5.94. The van der Waals surface area contributed by atoms with Crippen LogP contribution in [0, 0.1) is 0 Å². The first-order valence-electron chi connectivity index (χ1n) is 8.64. The van der Waals surface area contributed by atoms with Crippen molar-refractivity contribution in [3.63, 3.8) is 0 Å². The molecule has 0 aliphatic heterocycles. The Morgan fingerprint density at radius 2 is 1.41 bits per heavy atom. The molecule has 0 unspecified atom stereocenters. The smallest absolute Gasteiger partial charge is 0.253 e. The van der Waals surface area contributed by atoms with Gasteiger partial charge >= 0.3 is 0 Å². The number of hydrogen-bond acceptors (Lipinski definition) is 5. The Hall–Kier alpha value is -3.41. The van der Waals surface area contributed by atoms with Gasteiger partial charge in [-0.15, -0.1) is 0 Å². The first-order chi connectivity index (χ1) is 13.0. The molecule has 6 nitrogen and oxygen atoms in total. The Labute approximate surface area is 159 Å². The summed E-state index contributed by atoms with van der Waals surface area (Å²) in [5, 5.41) is 0. The maximum absolute atomic E-state index is 12.0.